The third kappa shape index (κ3) is 3.30. The first kappa shape index (κ1) is 16.7. The highest BCUT2D eigenvalue weighted by molar-refractivity contribution is 6.13. The average Bonchev–Trinajstić information content (AvgIpc) is 3.28. The van der Waals surface area contributed by atoms with Crippen molar-refractivity contribution in [1.29, 1.82) is 5.26 Å². The van der Waals surface area contributed by atoms with Crippen LogP contribution in [0.2, 0.25) is 0 Å². The second-order valence-corrected chi connectivity index (χ2v) is 9.16. The average molecular weight is 451 g/mol. The minimum Gasteiger partial charge on any atom is -0.454 e. The number of benzene rings is 3. The molecule has 0 aliphatic heterocycles. The van der Waals surface area contributed by atoms with E-state index in [2.05, 4.69) is 44.4 Å². The molecular formula is C31H29N2O+. The first-order valence-electron chi connectivity index (χ1n) is 13.9. The summed E-state index contributed by atoms with van der Waals surface area (Å²) in [6.45, 7) is 10.6. The molecule has 0 spiro atoms. The van der Waals surface area contributed by atoms with Crippen LogP contribution >= 0.6 is 0 Å². The molecule has 0 unspecified atom stereocenters. The molecule has 0 aliphatic rings. The summed E-state index contributed by atoms with van der Waals surface area (Å²) in [7, 11) is 2.04. The van der Waals surface area contributed by atoms with Crippen molar-refractivity contribution < 1.29 is 15.8 Å². The smallest absolute Gasteiger partial charge is 0.216 e. The molecule has 0 N–H and O–H groups in total. The summed E-state index contributed by atoms with van der Waals surface area (Å²) in [6, 6.07) is 9.63. The van der Waals surface area contributed by atoms with Gasteiger partial charge >= 0.3 is 0 Å². The van der Waals surface area contributed by atoms with Gasteiger partial charge in [-0.2, -0.15) is 9.83 Å². The van der Waals surface area contributed by atoms with E-state index in [9.17, 15) is 5.26 Å². The third-order valence-corrected chi connectivity index (χ3v) is 6.86. The number of furan rings is 1. The van der Waals surface area contributed by atoms with Crippen molar-refractivity contribution in [3.63, 3.8) is 0 Å². The van der Waals surface area contributed by atoms with Gasteiger partial charge in [0.15, 0.2) is 5.69 Å². The van der Waals surface area contributed by atoms with Crippen molar-refractivity contribution in [2.24, 2.45) is 7.05 Å². The summed E-state index contributed by atoms with van der Waals surface area (Å²) in [5.74, 6) is 0.327. The summed E-state index contributed by atoms with van der Waals surface area (Å²) in [6.07, 6.45) is 0. The molecule has 0 bridgehead atoms. The Kier molecular flexibility index (Phi) is 4.00. The summed E-state index contributed by atoms with van der Waals surface area (Å²) in [5.41, 5.74) is 8.20. The lowest BCUT2D eigenvalue weighted by Crippen LogP contribution is -2.36. The van der Waals surface area contributed by atoms with Crippen LogP contribution in [-0.2, 0) is 7.05 Å². The second kappa shape index (κ2) is 8.15. The minimum absolute atomic E-state index is 0.0132. The maximum absolute atomic E-state index is 9.84. The lowest BCUT2D eigenvalue weighted by Gasteiger charge is -2.14. The van der Waals surface area contributed by atoms with Crippen LogP contribution in [0, 0.1) is 32.1 Å². The van der Waals surface area contributed by atoms with Crippen LogP contribution in [0.3, 0.4) is 0 Å². The van der Waals surface area contributed by atoms with Gasteiger partial charge in [-0.1, -0.05) is 56.2 Å². The molecule has 0 saturated carbocycles. The SMILES string of the molecule is [2H]c1c([2H])c([2H])c(-c2cc(C#N)cc3c2oc2c(-c4cc(C(C)C)c(C)c(C)[n+]4C)c(C)ccc23)c([2H])c1[2H]. The topological polar surface area (TPSA) is 40.8 Å². The quantitative estimate of drug-likeness (QED) is 0.265. The van der Waals surface area contributed by atoms with E-state index in [0.29, 0.717) is 33.6 Å². The number of hydrogen-bond donors (Lipinski definition) is 0. The Morgan fingerprint density at radius 1 is 0.971 bits per heavy atom. The standard InChI is InChI=1S/C31H29N2O/c1-18(2)25-16-28(33(6)21(5)20(25)4)29-19(3)12-13-24-27-15-22(17-32)14-26(30(27)34-31(24)29)23-10-8-7-9-11-23/h7-16,18H,1-6H3/q+1/i7D,8D,9D,10D,11D. The van der Waals surface area contributed by atoms with Gasteiger partial charge < -0.3 is 4.42 Å². The highest BCUT2D eigenvalue weighted by Crippen LogP contribution is 2.41. The van der Waals surface area contributed by atoms with Crippen molar-refractivity contribution in [3.8, 4) is 28.5 Å². The Hall–Kier alpha value is -3.90. The molecule has 3 aromatic carbocycles. The van der Waals surface area contributed by atoms with E-state index in [0.717, 1.165) is 27.9 Å². The molecule has 34 heavy (non-hydrogen) atoms. The van der Waals surface area contributed by atoms with Gasteiger partial charge in [0.2, 0.25) is 5.69 Å². The van der Waals surface area contributed by atoms with Crippen LogP contribution in [0.4, 0.5) is 0 Å². The van der Waals surface area contributed by atoms with Crippen LogP contribution in [0.1, 0.15) is 54.6 Å². The highest BCUT2D eigenvalue weighted by Gasteiger charge is 2.26. The van der Waals surface area contributed by atoms with E-state index in [1.54, 1.807) is 6.07 Å². The zero-order valence-corrected chi connectivity index (χ0v) is 20.3. The molecule has 0 atom stereocenters. The lowest BCUT2D eigenvalue weighted by molar-refractivity contribution is -0.667. The molecule has 0 fully saturated rings. The van der Waals surface area contributed by atoms with E-state index in [1.165, 1.54) is 17.2 Å². The monoisotopic (exact) mass is 450 g/mol. The zero-order chi connectivity index (χ0) is 28.5. The highest BCUT2D eigenvalue weighted by atomic mass is 16.3. The molecule has 3 nitrogen and oxygen atoms in total. The molecule has 0 saturated heterocycles. The number of pyridine rings is 1. The maximum Gasteiger partial charge on any atom is 0.216 e. The van der Waals surface area contributed by atoms with E-state index < -0.39 is 18.1 Å². The van der Waals surface area contributed by atoms with Gasteiger partial charge in [0.1, 0.15) is 18.2 Å². The normalized spacial score (nSPS) is 13.5. The van der Waals surface area contributed by atoms with E-state index in [4.69, 9.17) is 11.3 Å². The second-order valence-electron chi connectivity index (χ2n) is 9.16. The van der Waals surface area contributed by atoms with Gasteiger partial charge in [0, 0.05) is 34.9 Å². The van der Waals surface area contributed by atoms with Gasteiger partial charge in [0.05, 0.1) is 24.0 Å². The number of rotatable bonds is 3. The fourth-order valence-electron chi connectivity index (χ4n) is 4.83. The van der Waals surface area contributed by atoms with Crippen LogP contribution in [0.5, 0.6) is 0 Å². The van der Waals surface area contributed by atoms with Crippen molar-refractivity contribution in [3.05, 3.63) is 88.5 Å². The molecule has 3 heteroatoms. The van der Waals surface area contributed by atoms with Crippen molar-refractivity contribution in [2.45, 2.75) is 40.5 Å². The fourth-order valence-corrected chi connectivity index (χ4v) is 4.83. The molecule has 5 aromatic rings. The largest absolute Gasteiger partial charge is 0.454 e. The minimum atomic E-state index is -0.466. The van der Waals surface area contributed by atoms with E-state index >= 15 is 0 Å². The molecule has 2 aromatic heterocycles. The number of aromatic nitrogens is 1. The molecule has 0 aliphatic carbocycles. The first-order chi connectivity index (χ1) is 18.4. The Bertz CT molecular complexity index is 1870. The first-order valence-corrected chi connectivity index (χ1v) is 11.4. The Morgan fingerprint density at radius 3 is 2.38 bits per heavy atom. The zero-order valence-electron chi connectivity index (χ0n) is 25.3. The van der Waals surface area contributed by atoms with Gasteiger partial charge in [-0.3, -0.25) is 0 Å². The van der Waals surface area contributed by atoms with Crippen LogP contribution in [0.15, 0.2) is 65.0 Å². The molecule has 0 amide bonds. The Labute approximate surface area is 207 Å². The molecule has 2 heterocycles. The Balaban J connectivity index is 1.96. The predicted molar refractivity (Wildman–Crippen MR) is 139 cm³/mol. The third-order valence-electron chi connectivity index (χ3n) is 6.86. The number of nitrogens with zero attached hydrogens (tertiary/aromatic N) is 2. The number of nitriles is 1. The van der Waals surface area contributed by atoms with Crippen molar-refractivity contribution in [2.75, 3.05) is 0 Å². The molecule has 5 rings (SSSR count). The molecular weight excluding hydrogens is 416 g/mol. The summed E-state index contributed by atoms with van der Waals surface area (Å²) in [5, 5.41) is 11.3. The van der Waals surface area contributed by atoms with Crippen LogP contribution in [0.25, 0.3) is 44.3 Å². The Morgan fingerprint density at radius 2 is 1.71 bits per heavy atom. The van der Waals surface area contributed by atoms with E-state index in [-0.39, 0.29) is 17.6 Å². The van der Waals surface area contributed by atoms with Crippen molar-refractivity contribution >= 4 is 21.9 Å². The molecule has 0 radical (unpaired) electrons. The number of aryl methyl sites for hydroxylation is 1. The van der Waals surface area contributed by atoms with Crippen LogP contribution in [-0.4, -0.2) is 0 Å². The maximum atomic E-state index is 9.84. The number of hydrogen-bond acceptors (Lipinski definition) is 2. The van der Waals surface area contributed by atoms with Gasteiger partial charge in [-0.25, -0.2) is 0 Å². The van der Waals surface area contributed by atoms with Crippen molar-refractivity contribution in [1.82, 2.24) is 0 Å². The summed E-state index contributed by atoms with van der Waals surface area (Å²) in [4.78, 5) is 0. The number of fused-ring (bicyclic) bond motifs is 3. The van der Waals surface area contributed by atoms with Gasteiger partial charge in [0.25, 0.3) is 0 Å². The molecule has 168 valence electrons. The summed E-state index contributed by atoms with van der Waals surface area (Å²) >= 11 is 0. The predicted octanol–water partition coefficient (Wildman–Crippen LogP) is 7.66. The van der Waals surface area contributed by atoms with E-state index in [1.807, 2.05) is 26.1 Å². The fraction of sp³-hybridized carbons (Fsp3) is 0.226. The lowest BCUT2D eigenvalue weighted by atomic mass is 9.92. The van der Waals surface area contributed by atoms with Crippen LogP contribution < -0.4 is 4.57 Å². The summed E-state index contributed by atoms with van der Waals surface area (Å²) < 4.78 is 50.2. The van der Waals surface area contributed by atoms with Gasteiger partial charge in [-0.15, -0.1) is 0 Å². The van der Waals surface area contributed by atoms with Gasteiger partial charge in [-0.05, 0) is 48.6 Å².